The minimum atomic E-state index is -0.293. The van der Waals surface area contributed by atoms with Crippen LogP contribution in [-0.4, -0.2) is 37.9 Å². The second kappa shape index (κ2) is 9.20. The van der Waals surface area contributed by atoms with Gasteiger partial charge in [0.1, 0.15) is 11.5 Å². The highest BCUT2D eigenvalue weighted by atomic mass is 16.5. The van der Waals surface area contributed by atoms with E-state index in [1.54, 1.807) is 12.1 Å². The number of nitrogens with one attached hydrogen (secondary N) is 1. The van der Waals surface area contributed by atoms with Crippen molar-refractivity contribution in [3.8, 4) is 11.5 Å². The van der Waals surface area contributed by atoms with Gasteiger partial charge in [-0.05, 0) is 25.0 Å². The number of hydrogen-bond acceptors (Lipinski definition) is 4. The van der Waals surface area contributed by atoms with Gasteiger partial charge in [0.15, 0.2) is 0 Å². The molecule has 0 aromatic heterocycles. The number of rotatable bonds is 9. The lowest BCUT2D eigenvalue weighted by Crippen LogP contribution is -2.25. The number of phenols is 1. The molecule has 0 saturated heterocycles. The first-order chi connectivity index (χ1) is 9.69. The molecule has 0 atom stereocenters. The van der Waals surface area contributed by atoms with E-state index in [1.807, 2.05) is 0 Å². The fourth-order valence-corrected chi connectivity index (χ4v) is 1.65. The Balaban J connectivity index is 2.29. The lowest BCUT2D eigenvalue weighted by molar-refractivity contribution is 0.0938. The van der Waals surface area contributed by atoms with Gasteiger partial charge in [-0.1, -0.05) is 13.3 Å². The maximum Gasteiger partial charge on any atom is 0.255 e. The first kappa shape index (κ1) is 16.3. The zero-order valence-electron chi connectivity index (χ0n) is 12.1. The summed E-state index contributed by atoms with van der Waals surface area (Å²) in [7, 11) is 1.51. The topological polar surface area (TPSA) is 67.8 Å². The Morgan fingerprint density at radius 3 is 2.70 bits per heavy atom. The highest BCUT2D eigenvalue weighted by Crippen LogP contribution is 2.23. The molecule has 0 aliphatic heterocycles. The predicted molar refractivity (Wildman–Crippen MR) is 77.3 cm³/mol. The summed E-state index contributed by atoms with van der Waals surface area (Å²) >= 11 is 0. The van der Waals surface area contributed by atoms with Crippen molar-refractivity contribution in [1.29, 1.82) is 0 Å². The Morgan fingerprint density at radius 1 is 1.30 bits per heavy atom. The molecule has 0 bridgehead atoms. The molecular formula is C15H23NO4. The first-order valence-electron chi connectivity index (χ1n) is 6.92. The largest absolute Gasteiger partial charge is 0.507 e. The second-order valence-electron chi connectivity index (χ2n) is 4.46. The van der Waals surface area contributed by atoms with Gasteiger partial charge in [0, 0.05) is 25.8 Å². The molecule has 0 heterocycles. The summed E-state index contributed by atoms with van der Waals surface area (Å²) in [6.45, 7) is 4.04. The number of benzene rings is 1. The van der Waals surface area contributed by atoms with E-state index in [4.69, 9.17) is 9.47 Å². The van der Waals surface area contributed by atoms with Crippen molar-refractivity contribution in [2.75, 3.05) is 26.9 Å². The average molecular weight is 281 g/mol. The van der Waals surface area contributed by atoms with Crippen LogP contribution in [0.25, 0.3) is 0 Å². The van der Waals surface area contributed by atoms with Gasteiger partial charge in [0.05, 0.1) is 12.7 Å². The lowest BCUT2D eigenvalue weighted by Gasteiger charge is -2.08. The quantitative estimate of drug-likeness (QED) is 0.682. The molecular weight excluding hydrogens is 258 g/mol. The van der Waals surface area contributed by atoms with Crippen LogP contribution in [0, 0.1) is 0 Å². The summed E-state index contributed by atoms with van der Waals surface area (Å²) in [5.74, 6) is 0.142. The van der Waals surface area contributed by atoms with E-state index in [1.165, 1.54) is 13.2 Å². The van der Waals surface area contributed by atoms with E-state index >= 15 is 0 Å². The smallest absolute Gasteiger partial charge is 0.255 e. The van der Waals surface area contributed by atoms with Gasteiger partial charge < -0.3 is 19.9 Å². The van der Waals surface area contributed by atoms with Crippen molar-refractivity contribution >= 4 is 5.91 Å². The van der Waals surface area contributed by atoms with Gasteiger partial charge in [-0.3, -0.25) is 4.79 Å². The van der Waals surface area contributed by atoms with Crippen molar-refractivity contribution in [2.24, 2.45) is 0 Å². The maximum atomic E-state index is 11.8. The molecule has 0 fully saturated rings. The third-order valence-electron chi connectivity index (χ3n) is 2.84. The Kier molecular flexibility index (Phi) is 7.50. The molecule has 0 radical (unpaired) electrons. The maximum absolute atomic E-state index is 11.8. The second-order valence-corrected chi connectivity index (χ2v) is 4.46. The van der Waals surface area contributed by atoms with E-state index in [-0.39, 0.29) is 17.2 Å². The molecule has 112 valence electrons. The molecule has 2 N–H and O–H groups in total. The number of methoxy groups -OCH3 is 1. The van der Waals surface area contributed by atoms with Crippen LogP contribution in [0.3, 0.4) is 0 Å². The average Bonchev–Trinajstić information content (AvgIpc) is 2.45. The molecule has 5 nitrogen and oxygen atoms in total. The van der Waals surface area contributed by atoms with Crippen molar-refractivity contribution in [1.82, 2.24) is 5.32 Å². The van der Waals surface area contributed by atoms with Gasteiger partial charge in [0.2, 0.25) is 0 Å². The molecule has 0 spiro atoms. The monoisotopic (exact) mass is 281 g/mol. The molecule has 20 heavy (non-hydrogen) atoms. The van der Waals surface area contributed by atoms with Crippen LogP contribution >= 0.6 is 0 Å². The van der Waals surface area contributed by atoms with Crippen molar-refractivity contribution in [2.45, 2.75) is 26.2 Å². The molecule has 0 unspecified atom stereocenters. The van der Waals surface area contributed by atoms with Crippen LogP contribution < -0.4 is 10.1 Å². The number of unbranched alkanes of at least 4 members (excludes halogenated alkanes) is 1. The predicted octanol–water partition coefficient (Wildman–Crippen LogP) is 2.34. The number of hydrogen-bond donors (Lipinski definition) is 2. The minimum Gasteiger partial charge on any atom is -0.507 e. The van der Waals surface area contributed by atoms with Gasteiger partial charge in [-0.2, -0.15) is 0 Å². The lowest BCUT2D eigenvalue weighted by atomic mass is 10.2. The molecule has 5 heteroatoms. The van der Waals surface area contributed by atoms with Gasteiger partial charge in [-0.15, -0.1) is 0 Å². The summed E-state index contributed by atoms with van der Waals surface area (Å²) in [5.41, 5.74) is 0.248. The number of aromatic hydroxyl groups is 1. The van der Waals surface area contributed by atoms with Gasteiger partial charge in [-0.25, -0.2) is 0 Å². The Morgan fingerprint density at radius 2 is 2.05 bits per heavy atom. The summed E-state index contributed by atoms with van der Waals surface area (Å²) < 4.78 is 10.4. The normalized spacial score (nSPS) is 10.3. The molecule has 1 rings (SSSR count). The van der Waals surface area contributed by atoms with E-state index < -0.39 is 0 Å². The number of ether oxygens (including phenoxy) is 2. The van der Waals surface area contributed by atoms with Crippen molar-refractivity contribution in [3.05, 3.63) is 23.8 Å². The zero-order chi connectivity index (χ0) is 14.8. The molecule has 1 aromatic carbocycles. The Bertz CT molecular complexity index is 420. The van der Waals surface area contributed by atoms with Gasteiger partial charge >= 0.3 is 0 Å². The number of carbonyl (C=O) groups excluding carboxylic acids is 1. The Labute approximate surface area is 119 Å². The summed E-state index contributed by atoms with van der Waals surface area (Å²) in [5, 5.41) is 12.5. The summed E-state index contributed by atoms with van der Waals surface area (Å²) in [4.78, 5) is 11.8. The molecule has 0 saturated carbocycles. The molecule has 0 aliphatic carbocycles. The van der Waals surface area contributed by atoms with Crippen LogP contribution in [0.1, 0.15) is 36.5 Å². The summed E-state index contributed by atoms with van der Waals surface area (Å²) in [6.07, 6.45) is 2.94. The first-order valence-corrected chi connectivity index (χ1v) is 6.92. The van der Waals surface area contributed by atoms with Crippen LogP contribution in [-0.2, 0) is 4.74 Å². The third kappa shape index (κ3) is 5.48. The van der Waals surface area contributed by atoms with E-state index in [2.05, 4.69) is 12.2 Å². The fourth-order valence-electron chi connectivity index (χ4n) is 1.65. The Hall–Kier alpha value is -1.75. The van der Waals surface area contributed by atoms with E-state index in [0.717, 1.165) is 25.9 Å². The van der Waals surface area contributed by atoms with E-state index in [9.17, 15) is 9.90 Å². The van der Waals surface area contributed by atoms with Gasteiger partial charge in [0.25, 0.3) is 5.91 Å². The van der Waals surface area contributed by atoms with Crippen LogP contribution in [0.4, 0.5) is 0 Å². The highest BCUT2D eigenvalue weighted by molar-refractivity contribution is 5.96. The number of carbonyl (C=O) groups is 1. The van der Waals surface area contributed by atoms with Crippen LogP contribution in [0.15, 0.2) is 18.2 Å². The third-order valence-corrected chi connectivity index (χ3v) is 2.84. The standard InChI is InChI=1S/C15H23NO4/c1-3-4-9-20-10-5-8-16-15(18)13-7-6-12(19-2)11-14(13)17/h6-7,11,17H,3-5,8-10H2,1-2H3,(H,16,18). The zero-order valence-corrected chi connectivity index (χ0v) is 12.1. The van der Waals surface area contributed by atoms with Crippen molar-refractivity contribution in [3.63, 3.8) is 0 Å². The number of phenolic OH excluding ortho intramolecular Hbond substituents is 1. The van der Waals surface area contributed by atoms with Crippen molar-refractivity contribution < 1.29 is 19.4 Å². The minimum absolute atomic E-state index is 0.0824. The van der Waals surface area contributed by atoms with Crippen LogP contribution in [0.2, 0.25) is 0 Å². The molecule has 0 aliphatic rings. The SMILES string of the molecule is CCCCOCCCNC(=O)c1ccc(OC)cc1O. The summed E-state index contributed by atoms with van der Waals surface area (Å²) in [6, 6.07) is 4.60. The highest BCUT2D eigenvalue weighted by Gasteiger charge is 2.11. The molecule has 1 aromatic rings. The fraction of sp³-hybridized carbons (Fsp3) is 0.533. The molecule has 1 amide bonds. The van der Waals surface area contributed by atoms with E-state index in [0.29, 0.717) is 18.9 Å². The number of amides is 1. The van der Waals surface area contributed by atoms with Crippen LogP contribution in [0.5, 0.6) is 11.5 Å².